The van der Waals surface area contributed by atoms with Gasteiger partial charge in [0.2, 0.25) is 5.91 Å². The van der Waals surface area contributed by atoms with Gasteiger partial charge < -0.3 is 14.8 Å². The van der Waals surface area contributed by atoms with Crippen LogP contribution in [0.1, 0.15) is 24.8 Å². The van der Waals surface area contributed by atoms with E-state index in [1.54, 1.807) is 30.3 Å². The zero-order valence-corrected chi connectivity index (χ0v) is 15.0. The molecule has 1 aromatic carbocycles. The zero-order chi connectivity index (χ0) is 19.9. The average molecular weight is 388 g/mol. The predicted molar refractivity (Wildman–Crippen MR) is 90.7 cm³/mol. The minimum atomic E-state index is -5.10. The second-order valence-corrected chi connectivity index (χ2v) is 6.29. The summed E-state index contributed by atoms with van der Waals surface area (Å²) in [5.74, 6) is -2.54. The Bertz CT molecular complexity index is 633. The van der Waals surface area contributed by atoms with Crippen LogP contribution in [0.4, 0.5) is 13.2 Å². The van der Waals surface area contributed by atoms with Crippen LogP contribution in [-0.4, -0.2) is 50.1 Å². The molecule has 6 nitrogen and oxygen atoms in total. The molecule has 0 saturated carbocycles. The summed E-state index contributed by atoms with van der Waals surface area (Å²) < 4.78 is 51.0. The number of amides is 1. The summed E-state index contributed by atoms with van der Waals surface area (Å²) in [6.07, 6.45) is -4.22. The van der Waals surface area contributed by atoms with Gasteiger partial charge in [-0.3, -0.25) is 10.1 Å². The van der Waals surface area contributed by atoms with Gasteiger partial charge in [0.15, 0.2) is 0 Å². The Hall–Kier alpha value is -2.13. The van der Waals surface area contributed by atoms with Crippen LogP contribution in [0.2, 0.25) is 0 Å². The molecule has 0 aliphatic carbocycles. The molecule has 1 saturated heterocycles. The standard InChI is InChI=1S/C18H23F3N2O4/c1-26-16(25)17(18(19,20)21,22-12-14-8-5-11-27-14)23-15(24)10-9-13-6-3-2-4-7-13/h2-4,6-7,14,22H,5,8-12H2,1H3,(H,23,24)/t14-,17-/m0/s1. The SMILES string of the molecule is COC(=O)[C@](NC[C@@H]1CCCO1)(NC(=O)CCc1ccccc1)C(F)(F)F. The number of benzene rings is 1. The van der Waals surface area contributed by atoms with Crippen LogP contribution in [0, 0.1) is 0 Å². The van der Waals surface area contributed by atoms with Crippen LogP contribution in [0.25, 0.3) is 0 Å². The van der Waals surface area contributed by atoms with E-state index in [2.05, 4.69) is 10.1 Å². The van der Waals surface area contributed by atoms with Gasteiger partial charge in [0.25, 0.3) is 5.66 Å². The molecule has 0 unspecified atom stereocenters. The highest BCUT2D eigenvalue weighted by Crippen LogP contribution is 2.30. The molecular weight excluding hydrogens is 365 g/mol. The minimum Gasteiger partial charge on any atom is -0.466 e. The molecule has 1 aliphatic heterocycles. The number of methoxy groups -OCH3 is 1. The van der Waals surface area contributed by atoms with Crippen LogP contribution < -0.4 is 10.6 Å². The summed E-state index contributed by atoms with van der Waals surface area (Å²) >= 11 is 0. The first-order valence-electron chi connectivity index (χ1n) is 8.65. The van der Waals surface area contributed by atoms with Gasteiger partial charge in [-0.05, 0) is 24.8 Å². The third-order valence-corrected chi connectivity index (χ3v) is 4.35. The third kappa shape index (κ3) is 5.43. The van der Waals surface area contributed by atoms with E-state index in [-0.39, 0.29) is 19.4 Å². The number of alkyl halides is 3. The summed E-state index contributed by atoms with van der Waals surface area (Å²) in [7, 11) is 0.840. The van der Waals surface area contributed by atoms with Gasteiger partial charge >= 0.3 is 12.1 Å². The molecule has 1 aromatic rings. The van der Waals surface area contributed by atoms with E-state index in [1.165, 1.54) is 0 Å². The first kappa shape index (κ1) is 21.2. The number of carbonyl (C=O) groups is 2. The Kier molecular flexibility index (Phi) is 7.20. The molecule has 9 heteroatoms. The van der Waals surface area contributed by atoms with Crippen molar-refractivity contribution >= 4 is 11.9 Å². The molecule has 1 heterocycles. The van der Waals surface area contributed by atoms with Crippen LogP contribution in [0.15, 0.2) is 30.3 Å². The lowest BCUT2D eigenvalue weighted by Gasteiger charge is -2.35. The molecule has 0 spiro atoms. The molecule has 150 valence electrons. The molecule has 0 bridgehead atoms. The monoisotopic (exact) mass is 388 g/mol. The summed E-state index contributed by atoms with van der Waals surface area (Å²) in [4.78, 5) is 24.2. The fourth-order valence-corrected chi connectivity index (χ4v) is 2.85. The Balaban J connectivity index is 2.11. The highest BCUT2D eigenvalue weighted by molar-refractivity contribution is 5.88. The largest absolute Gasteiger partial charge is 0.466 e. The van der Waals surface area contributed by atoms with Gasteiger partial charge in [-0.2, -0.15) is 13.2 Å². The van der Waals surface area contributed by atoms with E-state index in [0.29, 0.717) is 13.0 Å². The van der Waals surface area contributed by atoms with Crippen molar-refractivity contribution in [3.05, 3.63) is 35.9 Å². The Labute approximate surface area is 155 Å². The molecule has 0 aromatic heterocycles. The average Bonchev–Trinajstić information content (AvgIpc) is 3.16. The molecule has 2 N–H and O–H groups in total. The van der Waals surface area contributed by atoms with Crippen molar-refractivity contribution in [3.63, 3.8) is 0 Å². The van der Waals surface area contributed by atoms with Crippen molar-refractivity contribution < 1.29 is 32.2 Å². The van der Waals surface area contributed by atoms with Crippen molar-refractivity contribution in [2.75, 3.05) is 20.3 Å². The zero-order valence-electron chi connectivity index (χ0n) is 15.0. The van der Waals surface area contributed by atoms with Crippen molar-refractivity contribution in [1.82, 2.24) is 10.6 Å². The van der Waals surface area contributed by atoms with Gasteiger partial charge in [0.1, 0.15) is 0 Å². The van der Waals surface area contributed by atoms with E-state index in [4.69, 9.17) is 4.74 Å². The van der Waals surface area contributed by atoms with Crippen LogP contribution in [0.3, 0.4) is 0 Å². The number of rotatable bonds is 8. The topological polar surface area (TPSA) is 76.7 Å². The number of nitrogens with one attached hydrogen (secondary N) is 2. The number of halogens is 3. The number of hydrogen-bond donors (Lipinski definition) is 2. The van der Waals surface area contributed by atoms with E-state index >= 15 is 0 Å². The fourth-order valence-electron chi connectivity index (χ4n) is 2.85. The fraction of sp³-hybridized carbons (Fsp3) is 0.556. The normalized spacial score (nSPS) is 19.3. The molecule has 1 amide bonds. The maximum Gasteiger partial charge on any atom is 0.436 e. The smallest absolute Gasteiger partial charge is 0.436 e. The summed E-state index contributed by atoms with van der Waals surface area (Å²) in [6, 6.07) is 8.86. The van der Waals surface area contributed by atoms with Gasteiger partial charge in [-0.1, -0.05) is 30.3 Å². The first-order chi connectivity index (χ1) is 12.8. The Morgan fingerprint density at radius 3 is 2.52 bits per heavy atom. The second kappa shape index (κ2) is 9.18. The van der Waals surface area contributed by atoms with E-state index in [1.807, 2.05) is 5.32 Å². The van der Waals surface area contributed by atoms with E-state index in [0.717, 1.165) is 19.1 Å². The Morgan fingerprint density at radius 1 is 1.26 bits per heavy atom. The minimum absolute atomic E-state index is 0.208. The van der Waals surface area contributed by atoms with Gasteiger partial charge in [0, 0.05) is 19.6 Å². The number of ether oxygens (including phenoxy) is 2. The first-order valence-corrected chi connectivity index (χ1v) is 8.65. The number of esters is 1. The van der Waals surface area contributed by atoms with Crippen LogP contribution in [-0.2, 0) is 25.5 Å². The molecule has 2 rings (SSSR count). The molecule has 27 heavy (non-hydrogen) atoms. The van der Waals surface area contributed by atoms with E-state index < -0.39 is 29.8 Å². The predicted octanol–water partition coefficient (Wildman–Crippen LogP) is 1.94. The van der Waals surface area contributed by atoms with Crippen molar-refractivity contribution in [3.8, 4) is 0 Å². The van der Waals surface area contributed by atoms with Crippen LogP contribution >= 0.6 is 0 Å². The van der Waals surface area contributed by atoms with Gasteiger partial charge in [-0.15, -0.1) is 0 Å². The van der Waals surface area contributed by atoms with E-state index in [9.17, 15) is 22.8 Å². The van der Waals surface area contributed by atoms with Crippen LogP contribution in [0.5, 0.6) is 0 Å². The summed E-state index contributed by atoms with van der Waals surface area (Å²) in [5.41, 5.74) is -2.52. The lowest BCUT2D eigenvalue weighted by atomic mass is 10.1. The quantitative estimate of drug-likeness (QED) is 0.526. The second-order valence-electron chi connectivity index (χ2n) is 6.29. The lowest BCUT2D eigenvalue weighted by molar-refractivity contribution is -0.221. The lowest BCUT2D eigenvalue weighted by Crippen LogP contribution is -2.73. The van der Waals surface area contributed by atoms with Crippen molar-refractivity contribution in [2.45, 2.75) is 43.6 Å². The Morgan fingerprint density at radius 2 is 1.96 bits per heavy atom. The molecular formula is C18H23F3N2O4. The van der Waals surface area contributed by atoms with Crippen molar-refractivity contribution in [1.29, 1.82) is 0 Å². The summed E-state index contributed by atoms with van der Waals surface area (Å²) in [5, 5.41) is 3.95. The van der Waals surface area contributed by atoms with Gasteiger partial charge in [0.05, 0.1) is 13.2 Å². The number of carbonyl (C=O) groups excluding carboxylic acids is 2. The maximum atomic E-state index is 13.8. The van der Waals surface area contributed by atoms with Gasteiger partial charge in [-0.25, -0.2) is 4.79 Å². The maximum absolute atomic E-state index is 13.8. The summed E-state index contributed by atoms with van der Waals surface area (Å²) in [6.45, 7) is 0.209. The highest BCUT2D eigenvalue weighted by Gasteiger charge is 2.63. The number of hydrogen-bond acceptors (Lipinski definition) is 5. The highest BCUT2D eigenvalue weighted by atomic mass is 19.4. The molecule has 0 radical (unpaired) electrons. The molecule has 1 fully saturated rings. The number of aryl methyl sites for hydroxylation is 1. The third-order valence-electron chi connectivity index (χ3n) is 4.35. The van der Waals surface area contributed by atoms with Crippen molar-refractivity contribution in [2.24, 2.45) is 0 Å². The molecule has 2 atom stereocenters. The molecule has 1 aliphatic rings.